The summed E-state index contributed by atoms with van der Waals surface area (Å²) in [5.74, 6) is 1.92. The number of aliphatic hydroxyl groups excluding tert-OH is 1. The SMILES string of the molecule is CCNC(=NCC1(CO)CC1)NCCCCC1CCCC1. The first kappa shape index (κ1) is 16.6. The Bertz CT molecular complexity index is 320. The Morgan fingerprint density at radius 1 is 1.19 bits per heavy atom. The number of nitrogens with one attached hydrogen (secondary N) is 2. The van der Waals surface area contributed by atoms with Crippen LogP contribution in [0.25, 0.3) is 0 Å². The first-order valence-corrected chi connectivity index (χ1v) is 8.91. The summed E-state index contributed by atoms with van der Waals surface area (Å²) in [7, 11) is 0. The molecule has 0 atom stereocenters. The van der Waals surface area contributed by atoms with Crippen molar-refractivity contribution in [1.82, 2.24) is 10.6 Å². The Morgan fingerprint density at radius 2 is 1.95 bits per heavy atom. The van der Waals surface area contributed by atoms with E-state index < -0.39 is 0 Å². The van der Waals surface area contributed by atoms with E-state index in [1.54, 1.807) is 0 Å². The van der Waals surface area contributed by atoms with E-state index in [0.29, 0.717) is 0 Å². The summed E-state index contributed by atoms with van der Waals surface area (Å²) in [6.07, 6.45) is 12.0. The maximum absolute atomic E-state index is 9.34. The zero-order chi connectivity index (χ0) is 15.0. The van der Waals surface area contributed by atoms with Crippen molar-refractivity contribution in [2.75, 3.05) is 26.2 Å². The Balaban J connectivity index is 1.59. The lowest BCUT2D eigenvalue weighted by Gasteiger charge is -2.14. The van der Waals surface area contributed by atoms with Gasteiger partial charge in [-0.05, 0) is 32.1 Å². The lowest BCUT2D eigenvalue weighted by molar-refractivity contribution is 0.217. The third-order valence-electron chi connectivity index (χ3n) is 5.02. The third kappa shape index (κ3) is 5.85. The topological polar surface area (TPSA) is 56.7 Å². The van der Waals surface area contributed by atoms with Gasteiger partial charge < -0.3 is 15.7 Å². The van der Waals surface area contributed by atoms with Crippen molar-refractivity contribution in [3.8, 4) is 0 Å². The molecule has 2 fully saturated rings. The van der Waals surface area contributed by atoms with E-state index in [1.807, 2.05) is 0 Å². The molecule has 0 aromatic carbocycles. The van der Waals surface area contributed by atoms with Crippen molar-refractivity contribution in [2.45, 2.75) is 64.7 Å². The molecule has 0 radical (unpaired) electrons. The number of guanidine groups is 1. The highest BCUT2D eigenvalue weighted by molar-refractivity contribution is 5.79. The zero-order valence-corrected chi connectivity index (χ0v) is 13.7. The summed E-state index contributed by atoms with van der Waals surface area (Å²) in [5, 5.41) is 16.1. The van der Waals surface area contributed by atoms with Crippen LogP contribution in [0, 0.1) is 11.3 Å². The smallest absolute Gasteiger partial charge is 0.191 e. The standard InChI is InChI=1S/C17H33N3O/c1-2-18-16(20-13-17(14-21)10-11-17)19-12-6-5-9-15-7-3-4-8-15/h15,21H,2-14H2,1H3,(H2,18,19,20). The first-order chi connectivity index (χ1) is 10.3. The fraction of sp³-hybridized carbons (Fsp3) is 0.941. The van der Waals surface area contributed by atoms with Gasteiger partial charge in [0.05, 0.1) is 13.2 Å². The second-order valence-electron chi connectivity index (χ2n) is 6.93. The molecule has 4 heteroatoms. The van der Waals surface area contributed by atoms with E-state index in [2.05, 4.69) is 22.5 Å². The molecule has 0 amide bonds. The zero-order valence-electron chi connectivity index (χ0n) is 13.7. The van der Waals surface area contributed by atoms with Crippen LogP contribution < -0.4 is 10.6 Å². The second kappa shape index (κ2) is 8.62. The van der Waals surface area contributed by atoms with E-state index in [9.17, 15) is 5.11 Å². The van der Waals surface area contributed by atoms with Crippen molar-refractivity contribution >= 4 is 5.96 Å². The van der Waals surface area contributed by atoms with Crippen LogP contribution >= 0.6 is 0 Å². The maximum atomic E-state index is 9.34. The Morgan fingerprint density at radius 3 is 2.57 bits per heavy atom. The summed E-state index contributed by atoms with van der Waals surface area (Å²) in [5.41, 5.74) is 0.102. The van der Waals surface area contributed by atoms with Crippen molar-refractivity contribution in [3.05, 3.63) is 0 Å². The maximum Gasteiger partial charge on any atom is 0.191 e. The largest absolute Gasteiger partial charge is 0.396 e. The monoisotopic (exact) mass is 295 g/mol. The molecule has 122 valence electrons. The van der Waals surface area contributed by atoms with E-state index in [0.717, 1.165) is 44.4 Å². The second-order valence-corrected chi connectivity index (χ2v) is 6.93. The van der Waals surface area contributed by atoms with Crippen LogP contribution in [-0.2, 0) is 0 Å². The Labute approximate surface area is 129 Å². The minimum Gasteiger partial charge on any atom is -0.396 e. The van der Waals surface area contributed by atoms with Gasteiger partial charge in [0.2, 0.25) is 0 Å². The number of aliphatic imine (C=N–C) groups is 1. The summed E-state index contributed by atoms with van der Waals surface area (Å²) in [6, 6.07) is 0. The number of hydrogen-bond donors (Lipinski definition) is 3. The number of aliphatic hydroxyl groups is 1. The summed E-state index contributed by atoms with van der Waals surface area (Å²) in [6.45, 7) is 5.01. The van der Waals surface area contributed by atoms with Gasteiger partial charge in [0.25, 0.3) is 0 Å². The quantitative estimate of drug-likeness (QED) is 0.348. The van der Waals surface area contributed by atoms with Gasteiger partial charge in [0, 0.05) is 18.5 Å². The minimum atomic E-state index is 0.102. The minimum absolute atomic E-state index is 0.102. The van der Waals surface area contributed by atoms with E-state index >= 15 is 0 Å². The average Bonchev–Trinajstić information content (AvgIpc) is 3.10. The lowest BCUT2D eigenvalue weighted by atomic mass is 10.0. The molecule has 0 saturated heterocycles. The first-order valence-electron chi connectivity index (χ1n) is 8.91. The van der Waals surface area contributed by atoms with Crippen molar-refractivity contribution in [3.63, 3.8) is 0 Å². The molecule has 2 aliphatic rings. The van der Waals surface area contributed by atoms with Crippen LogP contribution in [-0.4, -0.2) is 37.3 Å². The molecule has 0 bridgehead atoms. The molecule has 0 spiro atoms. The molecule has 21 heavy (non-hydrogen) atoms. The molecule has 2 saturated carbocycles. The van der Waals surface area contributed by atoms with Gasteiger partial charge in [0.15, 0.2) is 5.96 Å². The highest BCUT2D eigenvalue weighted by Crippen LogP contribution is 2.45. The van der Waals surface area contributed by atoms with E-state index in [-0.39, 0.29) is 12.0 Å². The van der Waals surface area contributed by atoms with Crippen LogP contribution in [0.3, 0.4) is 0 Å². The van der Waals surface area contributed by atoms with Gasteiger partial charge in [-0.3, -0.25) is 4.99 Å². The summed E-state index contributed by atoms with van der Waals surface area (Å²) >= 11 is 0. The number of rotatable bonds is 9. The van der Waals surface area contributed by atoms with Crippen molar-refractivity contribution in [2.24, 2.45) is 16.3 Å². The average molecular weight is 295 g/mol. The third-order valence-corrected chi connectivity index (χ3v) is 5.02. The van der Waals surface area contributed by atoms with Gasteiger partial charge in [0.1, 0.15) is 0 Å². The van der Waals surface area contributed by atoms with Crippen molar-refractivity contribution in [1.29, 1.82) is 0 Å². The van der Waals surface area contributed by atoms with Gasteiger partial charge >= 0.3 is 0 Å². The molecule has 0 aromatic heterocycles. The molecule has 0 aromatic rings. The molecular formula is C17H33N3O. The number of hydrogen-bond acceptors (Lipinski definition) is 2. The predicted molar refractivity (Wildman–Crippen MR) is 88.5 cm³/mol. The van der Waals surface area contributed by atoms with Crippen LogP contribution in [0.5, 0.6) is 0 Å². The van der Waals surface area contributed by atoms with Gasteiger partial charge in [-0.15, -0.1) is 0 Å². The molecule has 4 nitrogen and oxygen atoms in total. The number of nitrogens with zero attached hydrogens (tertiary/aromatic N) is 1. The number of unbranched alkanes of at least 4 members (excludes halogenated alkanes) is 1. The van der Waals surface area contributed by atoms with Crippen LogP contribution in [0.4, 0.5) is 0 Å². The fourth-order valence-electron chi connectivity index (χ4n) is 3.20. The Kier molecular flexibility index (Phi) is 6.81. The highest BCUT2D eigenvalue weighted by atomic mass is 16.3. The van der Waals surface area contributed by atoms with Gasteiger partial charge in [-0.2, -0.15) is 0 Å². The predicted octanol–water partition coefficient (Wildman–Crippen LogP) is 2.67. The molecule has 2 rings (SSSR count). The Hall–Kier alpha value is -0.770. The summed E-state index contributed by atoms with van der Waals surface area (Å²) in [4.78, 5) is 4.63. The summed E-state index contributed by atoms with van der Waals surface area (Å²) < 4.78 is 0. The molecule has 0 heterocycles. The lowest BCUT2D eigenvalue weighted by Crippen LogP contribution is -2.38. The highest BCUT2D eigenvalue weighted by Gasteiger charge is 2.41. The van der Waals surface area contributed by atoms with Crippen LogP contribution in [0.1, 0.15) is 64.7 Å². The van der Waals surface area contributed by atoms with Crippen LogP contribution in [0.2, 0.25) is 0 Å². The molecular weight excluding hydrogens is 262 g/mol. The van der Waals surface area contributed by atoms with Crippen molar-refractivity contribution < 1.29 is 5.11 Å². The molecule has 3 N–H and O–H groups in total. The normalized spacial score (nSPS) is 21.5. The van der Waals surface area contributed by atoms with Gasteiger partial charge in [-0.25, -0.2) is 0 Å². The van der Waals surface area contributed by atoms with Gasteiger partial charge in [-0.1, -0.05) is 38.5 Å². The van der Waals surface area contributed by atoms with E-state index in [4.69, 9.17) is 0 Å². The molecule has 2 aliphatic carbocycles. The van der Waals surface area contributed by atoms with E-state index in [1.165, 1.54) is 44.9 Å². The molecule has 0 aliphatic heterocycles. The van der Waals surface area contributed by atoms with Crippen LogP contribution in [0.15, 0.2) is 4.99 Å². The fourth-order valence-corrected chi connectivity index (χ4v) is 3.20. The molecule has 0 unspecified atom stereocenters.